The van der Waals surface area contributed by atoms with Crippen molar-refractivity contribution in [2.75, 3.05) is 5.32 Å². The number of aryl methyl sites for hydroxylation is 1. The summed E-state index contributed by atoms with van der Waals surface area (Å²) in [5.41, 5.74) is 2.18. The van der Waals surface area contributed by atoms with Gasteiger partial charge in [0.05, 0.1) is 5.69 Å². The van der Waals surface area contributed by atoms with Crippen LogP contribution in [0.25, 0.3) is 11.3 Å². The molecule has 4 rings (SSSR count). The zero-order valence-electron chi connectivity index (χ0n) is 12.7. The molecule has 7 heteroatoms. The van der Waals surface area contributed by atoms with Crippen molar-refractivity contribution in [3.8, 4) is 11.3 Å². The minimum absolute atomic E-state index is 0.275. The van der Waals surface area contributed by atoms with Gasteiger partial charge >= 0.3 is 0 Å². The molecule has 0 radical (unpaired) electrons. The number of nitrogens with zero attached hydrogens (tertiary/aromatic N) is 4. The number of benzene rings is 1. The molecule has 3 aromatic rings. The number of rotatable bonds is 4. The zero-order valence-corrected chi connectivity index (χ0v) is 12.7. The summed E-state index contributed by atoms with van der Waals surface area (Å²) in [5.74, 6) is 1.34. The van der Waals surface area contributed by atoms with Gasteiger partial charge in [0.2, 0.25) is 5.95 Å². The maximum Gasteiger partial charge on any atom is 0.276 e. The number of carbonyl (C=O) groups excluding carboxylic acids is 1. The first-order valence-corrected chi connectivity index (χ1v) is 7.54. The standard InChI is InChI=1S/C16H16N6O/c1-22-13(9-12(21-22)10-5-3-2-4-6-10)15(23)18-16-17-14(19-20-16)11-7-8-11/h2-6,9,11H,7-8H2,1H3,(H2,17,18,19,20,23). The third kappa shape index (κ3) is 2.73. The second-order valence-corrected chi connectivity index (χ2v) is 5.68. The van der Waals surface area contributed by atoms with Crippen molar-refractivity contribution in [1.82, 2.24) is 25.0 Å². The van der Waals surface area contributed by atoms with E-state index in [1.807, 2.05) is 30.3 Å². The maximum atomic E-state index is 12.4. The number of anilines is 1. The Morgan fingerprint density at radius 1 is 1.30 bits per heavy atom. The second-order valence-electron chi connectivity index (χ2n) is 5.68. The summed E-state index contributed by atoms with van der Waals surface area (Å²) in [4.78, 5) is 16.7. The number of nitrogens with one attached hydrogen (secondary N) is 2. The molecule has 1 aliphatic rings. The summed E-state index contributed by atoms with van der Waals surface area (Å²) in [6.07, 6.45) is 2.26. The van der Waals surface area contributed by atoms with E-state index in [2.05, 4.69) is 25.6 Å². The van der Waals surface area contributed by atoms with Gasteiger partial charge in [-0.05, 0) is 18.9 Å². The topological polar surface area (TPSA) is 88.5 Å². The van der Waals surface area contributed by atoms with Crippen LogP contribution >= 0.6 is 0 Å². The predicted octanol–water partition coefficient (Wildman–Crippen LogP) is 2.33. The summed E-state index contributed by atoms with van der Waals surface area (Å²) in [7, 11) is 1.74. The molecule has 1 aromatic carbocycles. The summed E-state index contributed by atoms with van der Waals surface area (Å²) in [5, 5.41) is 14.0. The Balaban J connectivity index is 1.54. The number of H-pyrrole nitrogens is 1. The first-order valence-electron chi connectivity index (χ1n) is 7.54. The van der Waals surface area contributed by atoms with Crippen LogP contribution in [0.2, 0.25) is 0 Å². The van der Waals surface area contributed by atoms with E-state index in [1.165, 1.54) is 0 Å². The molecule has 2 heterocycles. The first kappa shape index (κ1) is 13.7. The molecule has 7 nitrogen and oxygen atoms in total. The monoisotopic (exact) mass is 308 g/mol. The molecule has 2 aromatic heterocycles. The van der Waals surface area contributed by atoms with Crippen LogP contribution in [0.15, 0.2) is 36.4 Å². The minimum Gasteiger partial charge on any atom is -0.288 e. The lowest BCUT2D eigenvalue weighted by Crippen LogP contribution is -2.16. The van der Waals surface area contributed by atoms with Gasteiger partial charge < -0.3 is 0 Å². The normalized spacial score (nSPS) is 14.0. The van der Waals surface area contributed by atoms with Gasteiger partial charge in [-0.3, -0.25) is 19.9 Å². The lowest BCUT2D eigenvalue weighted by Gasteiger charge is -2.00. The second kappa shape index (κ2) is 5.35. The Hall–Kier alpha value is -2.96. The first-order chi connectivity index (χ1) is 11.2. The Morgan fingerprint density at radius 2 is 2.09 bits per heavy atom. The van der Waals surface area contributed by atoms with Gasteiger partial charge in [-0.1, -0.05) is 30.3 Å². The molecule has 1 saturated carbocycles. The molecule has 1 amide bonds. The average Bonchev–Trinajstić information content (AvgIpc) is 3.19. The lowest BCUT2D eigenvalue weighted by molar-refractivity contribution is 0.101. The van der Waals surface area contributed by atoms with Gasteiger partial charge in [0, 0.05) is 18.5 Å². The lowest BCUT2D eigenvalue weighted by atomic mass is 10.1. The fourth-order valence-electron chi connectivity index (χ4n) is 2.46. The highest BCUT2D eigenvalue weighted by atomic mass is 16.2. The summed E-state index contributed by atoms with van der Waals surface area (Å²) in [6.45, 7) is 0. The largest absolute Gasteiger partial charge is 0.288 e. The van der Waals surface area contributed by atoms with Crippen LogP contribution in [-0.2, 0) is 7.05 Å². The fourth-order valence-corrected chi connectivity index (χ4v) is 2.46. The van der Waals surface area contributed by atoms with E-state index in [4.69, 9.17) is 0 Å². The highest BCUT2D eigenvalue weighted by molar-refractivity contribution is 6.02. The summed E-state index contributed by atoms with van der Waals surface area (Å²) in [6, 6.07) is 11.5. The van der Waals surface area contributed by atoms with Gasteiger partial charge in [0.25, 0.3) is 5.91 Å². The third-order valence-electron chi connectivity index (χ3n) is 3.87. The van der Waals surface area contributed by atoms with Gasteiger partial charge in [-0.25, -0.2) is 0 Å². The number of hydrogen-bond donors (Lipinski definition) is 2. The predicted molar refractivity (Wildman–Crippen MR) is 85.0 cm³/mol. The molecule has 1 fully saturated rings. The number of carbonyl (C=O) groups is 1. The van der Waals surface area contributed by atoms with Crippen molar-refractivity contribution < 1.29 is 4.79 Å². The van der Waals surface area contributed by atoms with Crippen LogP contribution in [0.5, 0.6) is 0 Å². The van der Waals surface area contributed by atoms with Crippen molar-refractivity contribution in [2.24, 2.45) is 7.05 Å². The Morgan fingerprint density at radius 3 is 2.83 bits per heavy atom. The van der Waals surface area contributed by atoms with E-state index in [0.29, 0.717) is 17.6 Å². The van der Waals surface area contributed by atoms with Crippen molar-refractivity contribution in [2.45, 2.75) is 18.8 Å². The molecule has 116 valence electrons. The van der Waals surface area contributed by atoms with Crippen LogP contribution < -0.4 is 5.32 Å². The highest BCUT2D eigenvalue weighted by Crippen LogP contribution is 2.38. The number of hydrogen-bond acceptors (Lipinski definition) is 4. The van der Waals surface area contributed by atoms with E-state index in [9.17, 15) is 4.79 Å². The number of aromatic amines is 1. The van der Waals surface area contributed by atoms with E-state index in [0.717, 1.165) is 29.9 Å². The fraction of sp³-hybridized carbons (Fsp3) is 0.250. The highest BCUT2D eigenvalue weighted by Gasteiger charge is 2.27. The quantitative estimate of drug-likeness (QED) is 0.774. The van der Waals surface area contributed by atoms with Crippen molar-refractivity contribution >= 4 is 11.9 Å². The molecule has 0 saturated heterocycles. The minimum atomic E-state index is -0.275. The molecule has 1 aliphatic carbocycles. The van der Waals surface area contributed by atoms with Crippen LogP contribution in [0.1, 0.15) is 35.1 Å². The Bertz CT molecular complexity index is 847. The third-order valence-corrected chi connectivity index (χ3v) is 3.87. The van der Waals surface area contributed by atoms with E-state index < -0.39 is 0 Å². The van der Waals surface area contributed by atoms with Crippen molar-refractivity contribution in [1.29, 1.82) is 0 Å². The Labute approximate surface area is 132 Å². The molecular weight excluding hydrogens is 292 g/mol. The van der Waals surface area contributed by atoms with E-state index in [-0.39, 0.29) is 5.91 Å². The molecule has 0 atom stereocenters. The summed E-state index contributed by atoms with van der Waals surface area (Å²) < 4.78 is 1.56. The number of amides is 1. The summed E-state index contributed by atoms with van der Waals surface area (Å²) >= 11 is 0. The van der Waals surface area contributed by atoms with Gasteiger partial charge in [0.1, 0.15) is 11.5 Å². The van der Waals surface area contributed by atoms with Crippen LogP contribution in [0.4, 0.5) is 5.95 Å². The van der Waals surface area contributed by atoms with Gasteiger partial charge in [-0.2, -0.15) is 10.1 Å². The molecule has 0 unspecified atom stereocenters. The molecule has 2 N–H and O–H groups in total. The number of aromatic nitrogens is 5. The average molecular weight is 308 g/mol. The van der Waals surface area contributed by atoms with Crippen LogP contribution in [0, 0.1) is 0 Å². The SMILES string of the molecule is Cn1nc(-c2ccccc2)cc1C(=O)Nc1n[nH]c(C2CC2)n1. The molecule has 0 bridgehead atoms. The van der Waals surface area contributed by atoms with Gasteiger partial charge in [-0.15, -0.1) is 5.10 Å². The van der Waals surface area contributed by atoms with E-state index in [1.54, 1.807) is 17.8 Å². The molecule has 23 heavy (non-hydrogen) atoms. The molecule has 0 spiro atoms. The van der Waals surface area contributed by atoms with E-state index >= 15 is 0 Å². The Kier molecular flexibility index (Phi) is 3.18. The smallest absolute Gasteiger partial charge is 0.276 e. The molecule has 0 aliphatic heterocycles. The van der Waals surface area contributed by atoms with Crippen LogP contribution in [-0.4, -0.2) is 30.9 Å². The zero-order chi connectivity index (χ0) is 15.8. The van der Waals surface area contributed by atoms with Gasteiger partial charge in [0.15, 0.2) is 0 Å². The molecular formula is C16H16N6O. The maximum absolute atomic E-state index is 12.4. The van der Waals surface area contributed by atoms with Crippen molar-refractivity contribution in [3.05, 3.63) is 47.9 Å². The van der Waals surface area contributed by atoms with Crippen LogP contribution in [0.3, 0.4) is 0 Å². The van der Waals surface area contributed by atoms with Crippen molar-refractivity contribution in [3.63, 3.8) is 0 Å².